The van der Waals surface area contributed by atoms with Crippen molar-refractivity contribution in [2.45, 2.75) is 19.8 Å². The standard InChI is InChI=1S/C15H15BrFNO/c16-14-4-1-11(2-5-14)9-19-10-12-3-6-15(17)13(7-12)8-18/h1-7H,8-10,18H2. The molecule has 2 rings (SSSR count). The molecule has 0 radical (unpaired) electrons. The van der Waals surface area contributed by atoms with Crippen molar-refractivity contribution in [2.24, 2.45) is 5.73 Å². The lowest BCUT2D eigenvalue weighted by Gasteiger charge is -2.07. The van der Waals surface area contributed by atoms with Crippen LogP contribution in [0.5, 0.6) is 0 Å². The van der Waals surface area contributed by atoms with E-state index in [9.17, 15) is 4.39 Å². The first-order chi connectivity index (χ1) is 9.19. The van der Waals surface area contributed by atoms with E-state index in [1.807, 2.05) is 24.3 Å². The van der Waals surface area contributed by atoms with Crippen molar-refractivity contribution < 1.29 is 9.13 Å². The Morgan fingerprint density at radius 2 is 1.63 bits per heavy atom. The highest BCUT2D eigenvalue weighted by Crippen LogP contribution is 2.14. The van der Waals surface area contributed by atoms with Gasteiger partial charge in [-0.2, -0.15) is 0 Å². The topological polar surface area (TPSA) is 35.2 Å². The molecule has 2 aromatic carbocycles. The van der Waals surface area contributed by atoms with Gasteiger partial charge in [-0.1, -0.05) is 34.1 Å². The number of halogens is 2. The molecule has 0 aliphatic carbocycles. The summed E-state index contributed by atoms with van der Waals surface area (Å²) in [7, 11) is 0. The maximum Gasteiger partial charge on any atom is 0.127 e. The van der Waals surface area contributed by atoms with Crippen molar-refractivity contribution in [1.29, 1.82) is 0 Å². The number of benzene rings is 2. The van der Waals surface area contributed by atoms with E-state index in [0.717, 1.165) is 15.6 Å². The van der Waals surface area contributed by atoms with Crippen LogP contribution in [0, 0.1) is 5.82 Å². The monoisotopic (exact) mass is 323 g/mol. The van der Waals surface area contributed by atoms with Gasteiger partial charge in [-0.05, 0) is 35.4 Å². The molecule has 0 atom stereocenters. The molecule has 2 N–H and O–H groups in total. The van der Waals surface area contributed by atoms with Crippen LogP contribution in [0.2, 0.25) is 0 Å². The maximum absolute atomic E-state index is 13.3. The highest BCUT2D eigenvalue weighted by molar-refractivity contribution is 9.10. The second-order valence-corrected chi connectivity index (χ2v) is 5.16. The number of nitrogens with two attached hydrogens (primary N) is 1. The molecular weight excluding hydrogens is 309 g/mol. The molecule has 19 heavy (non-hydrogen) atoms. The summed E-state index contributed by atoms with van der Waals surface area (Å²) in [5, 5.41) is 0. The predicted octanol–water partition coefficient (Wildman–Crippen LogP) is 3.76. The number of hydrogen-bond donors (Lipinski definition) is 1. The Kier molecular flexibility index (Phi) is 5.07. The van der Waals surface area contributed by atoms with E-state index in [4.69, 9.17) is 10.5 Å². The number of ether oxygens (including phenoxy) is 1. The molecule has 0 spiro atoms. The van der Waals surface area contributed by atoms with Crippen LogP contribution < -0.4 is 5.73 Å². The van der Waals surface area contributed by atoms with Gasteiger partial charge in [0.1, 0.15) is 5.82 Å². The smallest absolute Gasteiger partial charge is 0.127 e. The Hall–Kier alpha value is -1.23. The summed E-state index contributed by atoms with van der Waals surface area (Å²) in [6.07, 6.45) is 0. The summed E-state index contributed by atoms with van der Waals surface area (Å²) in [5.41, 5.74) is 8.02. The lowest BCUT2D eigenvalue weighted by molar-refractivity contribution is 0.107. The van der Waals surface area contributed by atoms with Gasteiger partial charge in [-0.3, -0.25) is 0 Å². The number of hydrogen-bond acceptors (Lipinski definition) is 2. The molecule has 0 aromatic heterocycles. The average molecular weight is 324 g/mol. The molecule has 0 fully saturated rings. The van der Waals surface area contributed by atoms with Gasteiger partial charge in [0, 0.05) is 16.6 Å². The molecular formula is C15H15BrFNO. The summed E-state index contributed by atoms with van der Waals surface area (Å²) in [6, 6.07) is 12.8. The Morgan fingerprint density at radius 1 is 1.00 bits per heavy atom. The van der Waals surface area contributed by atoms with E-state index in [0.29, 0.717) is 18.8 Å². The van der Waals surface area contributed by atoms with Crippen molar-refractivity contribution in [2.75, 3.05) is 0 Å². The largest absolute Gasteiger partial charge is 0.372 e. The van der Waals surface area contributed by atoms with Gasteiger partial charge in [0.15, 0.2) is 0 Å². The Labute approximate surface area is 120 Å². The zero-order valence-corrected chi connectivity index (χ0v) is 12.0. The fourth-order valence-corrected chi connectivity index (χ4v) is 2.01. The van der Waals surface area contributed by atoms with E-state index in [1.54, 1.807) is 12.1 Å². The first-order valence-electron chi connectivity index (χ1n) is 5.98. The minimum Gasteiger partial charge on any atom is -0.372 e. The van der Waals surface area contributed by atoms with Crippen molar-refractivity contribution in [3.63, 3.8) is 0 Å². The third kappa shape index (κ3) is 4.13. The summed E-state index contributed by atoms with van der Waals surface area (Å²) in [6.45, 7) is 1.18. The van der Waals surface area contributed by atoms with Crippen LogP contribution in [0.15, 0.2) is 46.9 Å². The van der Waals surface area contributed by atoms with Crippen LogP contribution in [-0.4, -0.2) is 0 Å². The minimum atomic E-state index is -0.265. The first kappa shape index (κ1) is 14.2. The molecule has 0 aliphatic heterocycles. The Balaban J connectivity index is 1.90. The zero-order valence-electron chi connectivity index (χ0n) is 10.4. The summed E-state index contributed by atoms with van der Waals surface area (Å²) in [4.78, 5) is 0. The van der Waals surface area contributed by atoms with Gasteiger partial charge in [0.25, 0.3) is 0 Å². The molecule has 0 saturated heterocycles. The van der Waals surface area contributed by atoms with Crippen LogP contribution in [0.25, 0.3) is 0 Å². The van der Waals surface area contributed by atoms with Crippen LogP contribution in [0.3, 0.4) is 0 Å². The van der Waals surface area contributed by atoms with Crippen molar-refractivity contribution in [3.05, 3.63) is 69.4 Å². The fraction of sp³-hybridized carbons (Fsp3) is 0.200. The van der Waals surface area contributed by atoms with Gasteiger partial charge >= 0.3 is 0 Å². The average Bonchev–Trinajstić information content (AvgIpc) is 2.43. The summed E-state index contributed by atoms with van der Waals surface area (Å²) < 4.78 is 19.9. The van der Waals surface area contributed by atoms with Crippen LogP contribution in [-0.2, 0) is 24.5 Å². The Morgan fingerprint density at radius 3 is 2.32 bits per heavy atom. The SMILES string of the molecule is NCc1cc(COCc2ccc(Br)cc2)ccc1F. The molecule has 0 bridgehead atoms. The van der Waals surface area contributed by atoms with Gasteiger partial charge < -0.3 is 10.5 Å². The summed E-state index contributed by atoms with van der Waals surface area (Å²) in [5.74, 6) is -0.265. The first-order valence-corrected chi connectivity index (χ1v) is 6.78. The van der Waals surface area contributed by atoms with Crippen LogP contribution in [0.4, 0.5) is 4.39 Å². The molecule has 0 heterocycles. The Bertz CT molecular complexity index is 542. The molecule has 0 amide bonds. The molecule has 0 saturated carbocycles. The third-order valence-electron chi connectivity index (χ3n) is 2.78. The zero-order chi connectivity index (χ0) is 13.7. The van der Waals surface area contributed by atoms with Crippen molar-refractivity contribution in [1.82, 2.24) is 0 Å². The quantitative estimate of drug-likeness (QED) is 0.909. The predicted molar refractivity (Wildman–Crippen MR) is 76.9 cm³/mol. The molecule has 2 aromatic rings. The second-order valence-electron chi connectivity index (χ2n) is 4.25. The lowest BCUT2D eigenvalue weighted by atomic mass is 10.1. The maximum atomic E-state index is 13.3. The van der Waals surface area contributed by atoms with Gasteiger partial charge in [-0.25, -0.2) is 4.39 Å². The molecule has 2 nitrogen and oxygen atoms in total. The fourth-order valence-electron chi connectivity index (χ4n) is 1.74. The second kappa shape index (κ2) is 6.80. The molecule has 4 heteroatoms. The molecule has 100 valence electrons. The number of rotatable bonds is 5. The molecule has 0 unspecified atom stereocenters. The van der Waals surface area contributed by atoms with Crippen molar-refractivity contribution >= 4 is 15.9 Å². The van der Waals surface area contributed by atoms with E-state index in [-0.39, 0.29) is 12.4 Å². The molecule has 0 aliphatic rings. The van der Waals surface area contributed by atoms with E-state index >= 15 is 0 Å². The van der Waals surface area contributed by atoms with Crippen molar-refractivity contribution in [3.8, 4) is 0 Å². The minimum absolute atomic E-state index is 0.201. The van der Waals surface area contributed by atoms with Gasteiger partial charge in [0.05, 0.1) is 13.2 Å². The van der Waals surface area contributed by atoms with E-state index < -0.39 is 0 Å². The van der Waals surface area contributed by atoms with Gasteiger partial charge in [0.2, 0.25) is 0 Å². The lowest BCUT2D eigenvalue weighted by Crippen LogP contribution is -2.02. The van der Waals surface area contributed by atoms with E-state index in [1.165, 1.54) is 6.07 Å². The third-order valence-corrected chi connectivity index (χ3v) is 3.31. The highest BCUT2D eigenvalue weighted by Gasteiger charge is 2.02. The summed E-state index contributed by atoms with van der Waals surface area (Å²) >= 11 is 3.38. The van der Waals surface area contributed by atoms with E-state index in [2.05, 4.69) is 15.9 Å². The normalized spacial score (nSPS) is 10.7. The van der Waals surface area contributed by atoms with Crippen LogP contribution in [0.1, 0.15) is 16.7 Å². The van der Waals surface area contributed by atoms with Crippen LogP contribution >= 0.6 is 15.9 Å². The highest BCUT2D eigenvalue weighted by atomic mass is 79.9. The van der Waals surface area contributed by atoms with Gasteiger partial charge in [-0.15, -0.1) is 0 Å².